The lowest BCUT2D eigenvalue weighted by Crippen LogP contribution is -2.44. The molecular weight excluding hydrogens is 588 g/mol. The number of carbonyl (C=O) groups is 1. The van der Waals surface area contributed by atoms with Crippen molar-refractivity contribution < 1.29 is 9.18 Å². The molecule has 0 spiro atoms. The maximum Gasteiger partial charge on any atom is 0.242 e. The number of aromatic nitrogens is 4. The number of nitriles is 1. The number of benzene rings is 3. The molecule has 5 rings (SSSR count). The van der Waals surface area contributed by atoms with Crippen molar-refractivity contribution in [3.8, 4) is 17.5 Å². The Balaban J connectivity index is 1.63. The van der Waals surface area contributed by atoms with Crippen molar-refractivity contribution in [1.82, 2.24) is 25.5 Å². The third-order valence-electron chi connectivity index (χ3n) is 8.09. The molecule has 1 aromatic heterocycles. The third kappa shape index (κ3) is 5.75. The first-order valence-electron chi connectivity index (χ1n) is 13.9. The van der Waals surface area contributed by atoms with Gasteiger partial charge in [-0.05, 0) is 82.8 Å². The SMILES string of the molecule is Cc1c(Cl)cccc1[C@H]1[C@H](C(=O)Nc2ccc(-c3nnnn3C)cc2)N[C@@H](CC(C)(C)C)[C@]1(C#N)c1ccc(Cl)cc1F. The number of amides is 1. The van der Waals surface area contributed by atoms with Crippen LogP contribution in [0.1, 0.15) is 49.8 Å². The first kappa shape index (κ1) is 30.6. The van der Waals surface area contributed by atoms with Crippen molar-refractivity contribution in [2.75, 3.05) is 5.32 Å². The zero-order chi connectivity index (χ0) is 31.1. The van der Waals surface area contributed by atoms with E-state index in [1.165, 1.54) is 6.07 Å². The summed E-state index contributed by atoms with van der Waals surface area (Å²) in [7, 11) is 1.74. The van der Waals surface area contributed by atoms with Crippen LogP contribution in [0.4, 0.5) is 10.1 Å². The van der Waals surface area contributed by atoms with Crippen LogP contribution in [0, 0.1) is 29.5 Å². The van der Waals surface area contributed by atoms with Crippen LogP contribution in [-0.2, 0) is 17.3 Å². The summed E-state index contributed by atoms with van der Waals surface area (Å²) in [5.41, 5.74) is 1.20. The molecule has 2 heterocycles. The predicted molar refractivity (Wildman–Crippen MR) is 165 cm³/mol. The van der Waals surface area contributed by atoms with Crippen molar-refractivity contribution in [2.45, 2.75) is 57.5 Å². The van der Waals surface area contributed by atoms with E-state index in [2.05, 4.69) is 53.0 Å². The van der Waals surface area contributed by atoms with E-state index in [1.54, 1.807) is 48.1 Å². The summed E-state index contributed by atoms with van der Waals surface area (Å²) >= 11 is 12.7. The second-order valence-corrected chi connectivity index (χ2v) is 13.0. The molecule has 222 valence electrons. The Bertz CT molecular complexity index is 1710. The summed E-state index contributed by atoms with van der Waals surface area (Å²) in [5, 5.41) is 29.9. The van der Waals surface area contributed by atoms with E-state index in [0.717, 1.165) is 11.1 Å². The van der Waals surface area contributed by atoms with Gasteiger partial charge in [0.2, 0.25) is 5.91 Å². The molecule has 1 amide bonds. The highest BCUT2D eigenvalue weighted by molar-refractivity contribution is 6.31. The first-order chi connectivity index (χ1) is 20.4. The van der Waals surface area contributed by atoms with Crippen molar-refractivity contribution >= 4 is 34.8 Å². The van der Waals surface area contributed by atoms with E-state index in [0.29, 0.717) is 28.5 Å². The average Bonchev–Trinajstić information content (AvgIpc) is 3.51. The summed E-state index contributed by atoms with van der Waals surface area (Å²) in [5.74, 6) is -1.17. The number of hydrogen-bond acceptors (Lipinski definition) is 6. The summed E-state index contributed by atoms with van der Waals surface area (Å²) in [6, 6.07) is 17.9. The van der Waals surface area contributed by atoms with Gasteiger partial charge >= 0.3 is 0 Å². The molecular formula is C32H32Cl2FN7O. The van der Waals surface area contributed by atoms with Gasteiger partial charge in [0.05, 0.1) is 12.1 Å². The smallest absolute Gasteiger partial charge is 0.242 e. The molecule has 3 aromatic carbocycles. The second kappa shape index (κ2) is 11.7. The van der Waals surface area contributed by atoms with E-state index < -0.39 is 29.2 Å². The van der Waals surface area contributed by atoms with Crippen LogP contribution in [0.25, 0.3) is 11.4 Å². The number of anilines is 1. The Morgan fingerprint density at radius 1 is 1.16 bits per heavy atom. The van der Waals surface area contributed by atoms with E-state index >= 15 is 4.39 Å². The van der Waals surface area contributed by atoms with Gasteiger partial charge in [0.15, 0.2) is 5.82 Å². The highest BCUT2D eigenvalue weighted by Gasteiger charge is 2.60. The zero-order valence-electron chi connectivity index (χ0n) is 24.5. The minimum absolute atomic E-state index is 0.183. The minimum atomic E-state index is -1.47. The van der Waals surface area contributed by atoms with Gasteiger partial charge in [0.1, 0.15) is 11.2 Å². The maximum absolute atomic E-state index is 15.9. The molecule has 0 bridgehead atoms. The largest absolute Gasteiger partial charge is 0.325 e. The van der Waals surface area contributed by atoms with Gasteiger partial charge in [0, 0.05) is 45.9 Å². The van der Waals surface area contributed by atoms with Crippen LogP contribution in [0.2, 0.25) is 10.0 Å². The lowest BCUT2D eigenvalue weighted by atomic mass is 9.62. The third-order valence-corrected chi connectivity index (χ3v) is 8.74. The fourth-order valence-electron chi connectivity index (χ4n) is 6.15. The Morgan fingerprint density at radius 2 is 1.88 bits per heavy atom. The molecule has 1 aliphatic rings. The number of hydrogen-bond donors (Lipinski definition) is 2. The molecule has 1 fully saturated rings. The molecule has 1 aliphatic heterocycles. The zero-order valence-corrected chi connectivity index (χ0v) is 26.0. The van der Waals surface area contributed by atoms with Crippen molar-refractivity contribution in [2.24, 2.45) is 12.5 Å². The number of nitrogens with one attached hydrogen (secondary N) is 2. The summed E-state index contributed by atoms with van der Waals surface area (Å²) in [4.78, 5) is 14.2. The number of nitrogens with zero attached hydrogens (tertiary/aromatic N) is 5. The van der Waals surface area contributed by atoms with Crippen LogP contribution in [0.15, 0.2) is 60.7 Å². The topological polar surface area (TPSA) is 109 Å². The average molecular weight is 621 g/mol. The molecule has 4 atom stereocenters. The fraction of sp³-hybridized carbons (Fsp3) is 0.344. The first-order valence-corrected chi connectivity index (χ1v) is 14.6. The van der Waals surface area contributed by atoms with Gasteiger partial charge in [-0.2, -0.15) is 5.26 Å². The van der Waals surface area contributed by atoms with Crippen LogP contribution < -0.4 is 10.6 Å². The Kier molecular flexibility index (Phi) is 8.32. The Hall–Kier alpha value is -3.84. The number of rotatable bonds is 6. The molecule has 8 nitrogen and oxygen atoms in total. The normalized spacial score (nSPS) is 21.9. The molecule has 4 aromatic rings. The van der Waals surface area contributed by atoms with Crippen LogP contribution in [0.5, 0.6) is 0 Å². The predicted octanol–water partition coefficient (Wildman–Crippen LogP) is 6.59. The van der Waals surface area contributed by atoms with E-state index in [1.807, 2.05) is 25.1 Å². The van der Waals surface area contributed by atoms with Crippen molar-refractivity contribution in [1.29, 1.82) is 5.26 Å². The number of halogens is 3. The quantitative estimate of drug-likeness (QED) is 0.252. The minimum Gasteiger partial charge on any atom is -0.325 e. The molecule has 43 heavy (non-hydrogen) atoms. The maximum atomic E-state index is 15.9. The van der Waals surface area contributed by atoms with Gasteiger partial charge in [-0.25, -0.2) is 9.07 Å². The number of aryl methyl sites for hydroxylation is 1. The molecule has 11 heteroatoms. The molecule has 0 radical (unpaired) electrons. The molecule has 2 N–H and O–H groups in total. The monoisotopic (exact) mass is 619 g/mol. The van der Waals surface area contributed by atoms with Gasteiger partial charge in [-0.1, -0.05) is 62.2 Å². The van der Waals surface area contributed by atoms with E-state index in [9.17, 15) is 10.1 Å². The van der Waals surface area contributed by atoms with Crippen molar-refractivity contribution in [3.63, 3.8) is 0 Å². The highest BCUT2D eigenvalue weighted by atomic mass is 35.5. The van der Waals surface area contributed by atoms with Gasteiger partial charge in [0.25, 0.3) is 0 Å². The van der Waals surface area contributed by atoms with Crippen LogP contribution >= 0.6 is 23.2 Å². The summed E-state index contributed by atoms with van der Waals surface area (Å²) in [6.45, 7) is 8.01. The second-order valence-electron chi connectivity index (χ2n) is 12.2. The number of carbonyl (C=O) groups excluding carboxylic acids is 1. The Labute approximate surface area is 260 Å². The Morgan fingerprint density at radius 3 is 2.49 bits per heavy atom. The standard InChI is InChI=1S/C32H32Cl2FN7O/c1-18-22(7-6-8-24(18)34)27-28(30(43)37-21-12-9-19(10-13-21)29-39-40-41-42(29)5)38-26(16-31(2,3)4)32(27,17-36)23-14-11-20(33)15-25(23)35/h6-15,26-28,38H,16H2,1-5H3,(H,37,43)/t26-,27-,28+,32-/m0/s1. The van der Waals surface area contributed by atoms with Crippen LogP contribution in [-0.4, -0.2) is 38.2 Å². The van der Waals surface area contributed by atoms with E-state index in [4.69, 9.17) is 23.2 Å². The molecule has 1 saturated heterocycles. The fourth-order valence-corrected chi connectivity index (χ4v) is 6.49. The summed E-state index contributed by atoms with van der Waals surface area (Å²) in [6.07, 6.45) is 0.489. The number of tetrazole rings is 1. The van der Waals surface area contributed by atoms with Crippen molar-refractivity contribution in [3.05, 3.63) is 93.2 Å². The van der Waals surface area contributed by atoms with Gasteiger partial charge < -0.3 is 10.6 Å². The highest BCUT2D eigenvalue weighted by Crippen LogP contribution is 2.53. The molecule has 0 unspecified atom stereocenters. The lowest BCUT2D eigenvalue weighted by Gasteiger charge is -2.38. The van der Waals surface area contributed by atoms with E-state index in [-0.39, 0.29) is 21.9 Å². The molecule has 0 aliphatic carbocycles. The lowest BCUT2D eigenvalue weighted by molar-refractivity contribution is -0.118. The van der Waals surface area contributed by atoms with Gasteiger partial charge in [-0.15, -0.1) is 5.10 Å². The van der Waals surface area contributed by atoms with Crippen LogP contribution in [0.3, 0.4) is 0 Å². The van der Waals surface area contributed by atoms with Gasteiger partial charge in [-0.3, -0.25) is 4.79 Å². The molecule has 0 saturated carbocycles. The summed E-state index contributed by atoms with van der Waals surface area (Å²) < 4.78 is 17.4.